The van der Waals surface area contributed by atoms with Gasteiger partial charge in [-0.3, -0.25) is 4.79 Å². The van der Waals surface area contributed by atoms with Crippen molar-refractivity contribution in [2.24, 2.45) is 5.90 Å². The van der Waals surface area contributed by atoms with Crippen molar-refractivity contribution in [1.29, 1.82) is 0 Å². The molecule has 10 heteroatoms. The van der Waals surface area contributed by atoms with Gasteiger partial charge in [-0.25, -0.2) is 4.79 Å². The zero-order chi connectivity index (χ0) is 31.8. The summed E-state index contributed by atoms with van der Waals surface area (Å²) >= 11 is 0.920. The average Bonchev–Trinajstić information content (AvgIpc) is 3.04. The summed E-state index contributed by atoms with van der Waals surface area (Å²) in [6.07, 6.45) is 11.9. The van der Waals surface area contributed by atoms with E-state index in [0.717, 1.165) is 31.3 Å². The van der Waals surface area contributed by atoms with Crippen LogP contribution < -0.4 is 20.7 Å². The summed E-state index contributed by atoms with van der Waals surface area (Å²) in [5, 5.41) is 11.7. The number of carbonyl (C=O) groups excluding carboxylic acids is 1. The number of carboxylic acids is 1. The summed E-state index contributed by atoms with van der Waals surface area (Å²) in [6, 6.07) is 21.0. The fourth-order valence-electron chi connectivity index (χ4n) is 4.13. The Bertz CT molecular complexity index is 1240. The number of rotatable bonds is 20. The highest BCUT2D eigenvalue weighted by atomic mass is 32.2. The lowest BCUT2D eigenvalue weighted by Crippen LogP contribution is -2.12. The van der Waals surface area contributed by atoms with Crippen LogP contribution in [0.4, 0.5) is 5.69 Å². The van der Waals surface area contributed by atoms with Crippen molar-refractivity contribution < 1.29 is 33.5 Å². The molecule has 0 saturated carbocycles. The van der Waals surface area contributed by atoms with Crippen molar-refractivity contribution in [2.75, 3.05) is 18.5 Å². The highest BCUT2D eigenvalue weighted by Gasteiger charge is 2.11. The number of benzene rings is 3. The fourth-order valence-corrected chi connectivity index (χ4v) is 4.59. The highest BCUT2D eigenvalue weighted by Crippen LogP contribution is 2.28. The molecule has 3 aromatic carbocycles. The van der Waals surface area contributed by atoms with Crippen molar-refractivity contribution in [3.63, 3.8) is 0 Å². The van der Waals surface area contributed by atoms with E-state index in [2.05, 4.69) is 28.5 Å². The summed E-state index contributed by atoms with van der Waals surface area (Å²) in [4.78, 5) is 28.1. The van der Waals surface area contributed by atoms with Gasteiger partial charge in [0.2, 0.25) is 0 Å². The molecule has 3 aromatic rings. The van der Waals surface area contributed by atoms with Gasteiger partial charge in [0.15, 0.2) is 0 Å². The topological polar surface area (TPSA) is 129 Å². The minimum Gasteiger partial charge on any atom is -0.494 e. The van der Waals surface area contributed by atoms with Crippen LogP contribution in [0.15, 0.2) is 77.7 Å². The number of hydrogen-bond donors (Lipinski definition) is 3. The molecule has 44 heavy (non-hydrogen) atoms. The summed E-state index contributed by atoms with van der Waals surface area (Å²) < 4.78 is 16.0. The molecule has 0 saturated heterocycles. The Morgan fingerprint density at radius 3 is 1.84 bits per heavy atom. The number of ether oxygens (including phenoxy) is 2. The van der Waals surface area contributed by atoms with E-state index < -0.39 is 5.97 Å². The Labute approximate surface area is 265 Å². The van der Waals surface area contributed by atoms with Gasteiger partial charge in [0.25, 0.3) is 5.91 Å². The van der Waals surface area contributed by atoms with E-state index in [1.807, 2.05) is 24.3 Å². The van der Waals surface area contributed by atoms with Gasteiger partial charge in [0.1, 0.15) is 11.5 Å². The quantitative estimate of drug-likeness (QED) is 0.0487. The molecule has 0 unspecified atom stereocenters. The highest BCUT2D eigenvalue weighted by molar-refractivity contribution is 7.94. The molecule has 0 aliphatic carbocycles. The van der Waals surface area contributed by atoms with E-state index in [-0.39, 0.29) is 11.5 Å². The standard InChI is InChI=1S/C20H26N2O4S.C14H20O3/c1-2-3-4-5-8-14-24-17-11-9-10-16(15-17)20(23)22-18-12-6-7-13-19(18)27-26-25-21;1-2-3-4-5-6-10-17-13-9-7-8-12(11-13)14(15)16/h6-7,9-13,15H,2-5,8,14,21H2,1H3,(H,22,23);7-9,11H,2-6,10H2,1H3,(H,15,16). The number of hydrogen-bond acceptors (Lipinski definition) is 8. The number of unbranched alkanes of at least 4 members (excludes halogenated alkanes) is 8. The SMILES string of the molecule is CCCCCCCOc1cccc(C(=O)Nc2ccccc2SOON)c1.CCCCCCCOc1cccc(C(=O)O)c1. The lowest BCUT2D eigenvalue weighted by atomic mass is 10.1. The molecule has 3 rings (SSSR count). The zero-order valence-corrected chi connectivity index (χ0v) is 26.6. The summed E-state index contributed by atoms with van der Waals surface area (Å²) in [6.45, 7) is 5.70. The van der Waals surface area contributed by atoms with E-state index >= 15 is 0 Å². The van der Waals surface area contributed by atoms with Gasteiger partial charge < -0.3 is 19.9 Å². The number of carboxylic acid groups (broad SMARTS) is 1. The van der Waals surface area contributed by atoms with Gasteiger partial charge in [0, 0.05) is 5.56 Å². The van der Waals surface area contributed by atoms with Crippen LogP contribution in [0.1, 0.15) is 98.8 Å². The summed E-state index contributed by atoms with van der Waals surface area (Å²) in [7, 11) is 0. The van der Waals surface area contributed by atoms with Crippen LogP contribution in [0.25, 0.3) is 0 Å². The molecule has 0 heterocycles. The molecule has 0 radical (unpaired) electrons. The molecule has 240 valence electrons. The summed E-state index contributed by atoms with van der Waals surface area (Å²) in [5.41, 5.74) is 1.40. The first-order chi connectivity index (χ1) is 21.5. The summed E-state index contributed by atoms with van der Waals surface area (Å²) in [5.74, 6) is 5.05. The van der Waals surface area contributed by atoms with Crippen molar-refractivity contribution in [2.45, 2.75) is 83.0 Å². The second-order valence-corrected chi connectivity index (χ2v) is 10.8. The van der Waals surface area contributed by atoms with Crippen LogP contribution in [0.5, 0.6) is 11.5 Å². The van der Waals surface area contributed by atoms with E-state index in [0.29, 0.717) is 40.9 Å². The molecule has 4 N–H and O–H groups in total. The van der Waals surface area contributed by atoms with Crippen LogP contribution >= 0.6 is 12.0 Å². The maximum absolute atomic E-state index is 12.6. The number of aromatic carboxylic acids is 1. The normalized spacial score (nSPS) is 10.4. The maximum Gasteiger partial charge on any atom is 0.335 e. The number of nitrogens with two attached hydrogens (primary N) is 1. The molecular formula is C34H46N2O7S. The van der Waals surface area contributed by atoms with Crippen molar-refractivity contribution in [3.05, 3.63) is 83.9 Å². The number of nitrogens with one attached hydrogen (secondary N) is 1. The molecule has 0 aliphatic heterocycles. The van der Waals surface area contributed by atoms with Crippen molar-refractivity contribution >= 4 is 29.6 Å². The molecule has 0 atom stereocenters. The van der Waals surface area contributed by atoms with Crippen LogP contribution in [0.2, 0.25) is 0 Å². The molecular weight excluding hydrogens is 580 g/mol. The molecule has 0 spiro atoms. The molecule has 0 bridgehead atoms. The minimum atomic E-state index is -0.918. The van der Waals surface area contributed by atoms with Gasteiger partial charge in [0.05, 0.1) is 41.4 Å². The monoisotopic (exact) mass is 626 g/mol. The third kappa shape index (κ3) is 15.2. The first kappa shape index (κ1) is 36.6. The number of para-hydroxylation sites is 1. The van der Waals surface area contributed by atoms with E-state index in [1.165, 1.54) is 44.9 Å². The van der Waals surface area contributed by atoms with Gasteiger partial charge in [-0.2, -0.15) is 5.90 Å². The van der Waals surface area contributed by atoms with E-state index in [4.69, 9.17) is 20.5 Å². The lowest BCUT2D eigenvalue weighted by molar-refractivity contribution is -0.195. The predicted octanol–water partition coefficient (Wildman–Crippen LogP) is 8.85. The Morgan fingerprint density at radius 2 is 1.27 bits per heavy atom. The third-order valence-corrected chi connectivity index (χ3v) is 7.19. The van der Waals surface area contributed by atoms with E-state index in [1.54, 1.807) is 48.5 Å². The number of amides is 1. The van der Waals surface area contributed by atoms with E-state index in [9.17, 15) is 9.59 Å². The number of anilines is 1. The minimum absolute atomic E-state index is 0.231. The Hall–Kier alpha value is -3.57. The average molecular weight is 627 g/mol. The molecule has 9 nitrogen and oxygen atoms in total. The van der Waals surface area contributed by atoms with Gasteiger partial charge in [-0.15, -0.1) is 9.32 Å². The third-order valence-electron chi connectivity index (χ3n) is 6.51. The van der Waals surface area contributed by atoms with Crippen molar-refractivity contribution in [3.8, 4) is 11.5 Å². The largest absolute Gasteiger partial charge is 0.494 e. The first-order valence-electron chi connectivity index (χ1n) is 15.3. The Morgan fingerprint density at radius 1 is 0.727 bits per heavy atom. The van der Waals surface area contributed by atoms with Gasteiger partial charge >= 0.3 is 5.97 Å². The first-order valence-corrected chi connectivity index (χ1v) is 16.0. The second kappa shape index (κ2) is 22.9. The molecule has 0 aliphatic rings. The predicted molar refractivity (Wildman–Crippen MR) is 175 cm³/mol. The smallest absolute Gasteiger partial charge is 0.335 e. The van der Waals surface area contributed by atoms with Crippen LogP contribution in [0.3, 0.4) is 0 Å². The molecule has 0 fully saturated rings. The van der Waals surface area contributed by atoms with Crippen LogP contribution in [0, 0.1) is 0 Å². The van der Waals surface area contributed by atoms with Gasteiger partial charge in [-0.05, 0) is 61.4 Å². The van der Waals surface area contributed by atoms with Gasteiger partial charge in [-0.1, -0.05) is 89.5 Å². The lowest BCUT2D eigenvalue weighted by Gasteiger charge is -2.11. The zero-order valence-electron chi connectivity index (χ0n) is 25.8. The van der Waals surface area contributed by atoms with Crippen LogP contribution in [-0.4, -0.2) is 30.2 Å². The maximum atomic E-state index is 12.6. The second-order valence-electron chi connectivity index (χ2n) is 10.1. The van der Waals surface area contributed by atoms with Crippen molar-refractivity contribution in [1.82, 2.24) is 0 Å². The Kier molecular flexibility index (Phi) is 19.1. The molecule has 0 aromatic heterocycles. The number of carbonyl (C=O) groups is 2. The molecule has 1 amide bonds. The van der Waals surface area contributed by atoms with Crippen LogP contribution in [-0.2, 0) is 9.32 Å². The fraction of sp³-hybridized carbons (Fsp3) is 0.412. The Balaban J connectivity index is 0.000000342.